The maximum atomic E-state index is 12.6. The van der Waals surface area contributed by atoms with Gasteiger partial charge in [0.15, 0.2) is 0 Å². The van der Waals surface area contributed by atoms with Crippen molar-refractivity contribution in [3.05, 3.63) is 57.5 Å². The monoisotopic (exact) mass is 449 g/mol. The van der Waals surface area contributed by atoms with Crippen LogP contribution >= 0.6 is 34.8 Å². The van der Waals surface area contributed by atoms with Gasteiger partial charge < -0.3 is 5.32 Å². The number of nitrogens with one attached hydrogen (secondary N) is 5. The SMILES string of the molecule is O=C(Nc1c(Cl)cc(Cl)cc1Cl)C1NNNC1NS(=O)(=O)c1ccccc1. The summed E-state index contributed by atoms with van der Waals surface area (Å²) in [6.45, 7) is 0. The van der Waals surface area contributed by atoms with E-state index in [2.05, 4.69) is 26.4 Å². The van der Waals surface area contributed by atoms with Crippen LogP contribution in [0.2, 0.25) is 15.1 Å². The van der Waals surface area contributed by atoms with E-state index < -0.39 is 28.1 Å². The smallest absolute Gasteiger partial charge is 0.246 e. The quantitative estimate of drug-likeness (QED) is 0.475. The van der Waals surface area contributed by atoms with Crippen molar-refractivity contribution in [1.82, 2.24) is 21.1 Å². The summed E-state index contributed by atoms with van der Waals surface area (Å²) in [7, 11) is -3.85. The van der Waals surface area contributed by atoms with Gasteiger partial charge in [-0.2, -0.15) is 10.3 Å². The molecule has 0 aromatic heterocycles. The molecule has 5 N–H and O–H groups in total. The minimum absolute atomic E-state index is 0.0710. The number of hydrogen-bond acceptors (Lipinski definition) is 6. The molecule has 2 unspecified atom stereocenters. The van der Waals surface area contributed by atoms with Gasteiger partial charge in [0.25, 0.3) is 0 Å². The summed E-state index contributed by atoms with van der Waals surface area (Å²) in [4.78, 5) is 12.7. The third-order valence-corrected chi connectivity index (χ3v) is 5.93. The Morgan fingerprint density at radius 1 is 1.00 bits per heavy atom. The number of sulfonamides is 1. The summed E-state index contributed by atoms with van der Waals surface area (Å²) in [5.41, 5.74) is 7.98. The standard InChI is InChI=1S/C15H14Cl3N5O3S/c16-8-6-10(17)12(11(18)7-8)19-15(24)13-14(21-23-20-13)22-27(25,26)9-4-2-1-3-5-9/h1-7,13-14,20-23H,(H,19,24). The zero-order valence-corrected chi connectivity index (χ0v) is 16.5. The van der Waals surface area contributed by atoms with Crippen LogP contribution in [-0.4, -0.2) is 26.5 Å². The van der Waals surface area contributed by atoms with Gasteiger partial charge in [-0.25, -0.2) is 19.3 Å². The molecule has 2 aromatic rings. The molecule has 1 aliphatic rings. The summed E-state index contributed by atoms with van der Waals surface area (Å²) < 4.78 is 27.3. The summed E-state index contributed by atoms with van der Waals surface area (Å²) in [6.07, 6.45) is -0.972. The van der Waals surface area contributed by atoms with Crippen molar-refractivity contribution in [2.24, 2.45) is 0 Å². The van der Waals surface area contributed by atoms with Crippen LogP contribution in [0.4, 0.5) is 5.69 Å². The predicted octanol–water partition coefficient (Wildman–Crippen LogP) is 1.87. The van der Waals surface area contributed by atoms with Gasteiger partial charge in [-0.15, -0.1) is 0 Å². The second-order valence-electron chi connectivity index (χ2n) is 5.54. The molecule has 1 amide bonds. The van der Waals surface area contributed by atoms with Crippen LogP contribution in [0.5, 0.6) is 0 Å². The fourth-order valence-corrected chi connectivity index (χ4v) is 4.47. The summed E-state index contributed by atoms with van der Waals surface area (Å²) in [5, 5.41) is 3.19. The van der Waals surface area contributed by atoms with E-state index in [0.717, 1.165) is 0 Å². The summed E-state index contributed by atoms with van der Waals surface area (Å²) in [6, 6.07) is 9.65. The van der Waals surface area contributed by atoms with Gasteiger partial charge in [0, 0.05) is 5.02 Å². The molecule has 2 atom stereocenters. The molecule has 1 saturated heterocycles. The molecule has 1 aliphatic heterocycles. The van der Waals surface area contributed by atoms with Gasteiger partial charge in [0.1, 0.15) is 12.2 Å². The van der Waals surface area contributed by atoms with Gasteiger partial charge in [0.05, 0.1) is 20.6 Å². The molecule has 1 fully saturated rings. The van der Waals surface area contributed by atoms with Crippen molar-refractivity contribution >= 4 is 56.4 Å². The van der Waals surface area contributed by atoms with Crippen molar-refractivity contribution in [3.63, 3.8) is 0 Å². The summed E-state index contributed by atoms with van der Waals surface area (Å²) >= 11 is 18.0. The zero-order valence-electron chi connectivity index (χ0n) is 13.5. The highest BCUT2D eigenvalue weighted by molar-refractivity contribution is 7.89. The summed E-state index contributed by atoms with van der Waals surface area (Å²) in [5.74, 6) is -0.570. The van der Waals surface area contributed by atoms with E-state index in [4.69, 9.17) is 34.8 Å². The van der Waals surface area contributed by atoms with Crippen molar-refractivity contribution < 1.29 is 13.2 Å². The Kier molecular flexibility index (Phi) is 6.24. The fraction of sp³-hybridized carbons (Fsp3) is 0.133. The lowest BCUT2D eigenvalue weighted by molar-refractivity contribution is -0.118. The minimum Gasteiger partial charge on any atom is -0.322 e. The fourth-order valence-electron chi connectivity index (χ4n) is 2.38. The van der Waals surface area contributed by atoms with E-state index in [9.17, 15) is 13.2 Å². The van der Waals surface area contributed by atoms with Crippen LogP contribution in [0, 0.1) is 0 Å². The molecule has 0 bridgehead atoms. The van der Waals surface area contributed by atoms with Crippen LogP contribution < -0.4 is 26.4 Å². The number of carbonyl (C=O) groups is 1. The van der Waals surface area contributed by atoms with Crippen molar-refractivity contribution in [2.75, 3.05) is 5.32 Å². The molecular formula is C15H14Cl3N5O3S. The molecule has 2 aromatic carbocycles. The van der Waals surface area contributed by atoms with Gasteiger partial charge in [0.2, 0.25) is 15.9 Å². The van der Waals surface area contributed by atoms with Gasteiger partial charge >= 0.3 is 0 Å². The molecule has 3 rings (SSSR count). The number of halogens is 3. The van der Waals surface area contributed by atoms with E-state index in [0.29, 0.717) is 5.02 Å². The van der Waals surface area contributed by atoms with Crippen LogP contribution in [0.1, 0.15) is 0 Å². The van der Waals surface area contributed by atoms with E-state index in [1.165, 1.54) is 24.3 Å². The number of hydrogen-bond donors (Lipinski definition) is 5. The Balaban J connectivity index is 1.76. The van der Waals surface area contributed by atoms with E-state index in [-0.39, 0.29) is 20.6 Å². The minimum atomic E-state index is -3.85. The third kappa shape index (κ3) is 4.71. The first-order valence-corrected chi connectivity index (χ1v) is 10.2. The van der Waals surface area contributed by atoms with Gasteiger partial charge in [-0.05, 0) is 24.3 Å². The number of rotatable bonds is 5. The lowest BCUT2D eigenvalue weighted by Gasteiger charge is -2.19. The number of hydrazine groups is 2. The maximum Gasteiger partial charge on any atom is 0.246 e. The van der Waals surface area contributed by atoms with Crippen molar-refractivity contribution in [3.8, 4) is 0 Å². The molecule has 144 valence electrons. The highest BCUT2D eigenvalue weighted by atomic mass is 35.5. The van der Waals surface area contributed by atoms with E-state index in [1.54, 1.807) is 18.2 Å². The highest BCUT2D eigenvalue weighted by Gasteiger charge is 2.36. The molecule has 8 nitrogen and oxygen atoms in total. The Labute approximate surface area is 170 Å². The van der Waals surface area contributed by atoms with Crippen molar-refractivity contribution in [1.29, 1.82) is 0 Å². The number of benzene rings is 2. The zero-order chi connectivity index (χ0) is 19.6. The predicted molar refractivity (Wildman–Crippen MR) is 104 cm³/mol. The first kappa shape index (κ1) is 20.3. The van der Waals surface area contributed by atoms with Crippen LogP contribution in [0.25, 0.3) is 0 Å². The number of amides is 1. The first-order chi connectivity index (χ1) is 12.8. The third-order valence-electron chi connectivity index (χ3n) is 3.66. The Morgan fingerprint density at radius 3 is 2.26 bits per heavy atom. The van der Waals surface area contributed by atoms with Gasteiger partial charge in [-0.3, -0.25) is 4.79 Å². The van der Waals surface area contributed by atoms with Crippen molar-refractivity contribution in [2.45, 2.75) is 17.1 Å². The maximum absolute atomic E-state index is 12.6. The second-order valence-corrected chi connectivity index (χ2v) is 8.50. The highest BCUT2D eigenvalue weighted by Crippen LogP contribution is 2.33. The molecule has 0 saturated carbocycles. The number of carbonyl (C=O) groups excluding carboxylic acids is 1. The lowest BCUT2D eigenvalue weighted by atomic mass is 10.2. The topological polar surface area (TPSA) is 111 Å². The molecule has 0 radical (unpaired) electrons. The molecular weight excluding hydrogens is 437 g/mol. The lowest BCUT2D eigenvalue weighted by Crippen LogP contribution is -2.53. The average molecular weight is 451 g/mol. The average Bonchev–Trinajstić information content (AvgIpc) is 3.06. The largest absolute Gasteiger partial charge is 0.322 e. The Morgan fingerprint density at radius 2 is 1.63 bits per heavy atom. The molecule has 12 heteroatoms. The Bertz CT molecular complexity index is 935. The Hall–Kier alpha value is -1.43. The van der Waals surface area contributed by atoms with E-state index >= 15 is 0 Å². The molecule has 0 spiro atoms. The molecule has 27 heavy (non-hydrogen) atoms. The van der Waals surface area contributed by atoms with Gasteiger partial charge in [-0.1, -0.05) is 53.0 Å². The van der Waals surface area contributed by atoms with E-state index in [1.807, 2.05) is 0 Å². The first-order valence-electron chi connectivity index (χ1n) is 7.57. The molecule has 0 aliphatic carbocycles. The van der Waals surface area contributed by atoms with Crippen LogP contribution in [-0.2, 0) is 14.8 Å². The van der Waals surface area contributed by atoms with Crippen LogP contribution in [0.15, 0.2) is 47.4 Å². The normalized spacial score (nSPS) is 19.8. The second kappa shape index (κ2) is 8.29. The molecule has 1 heterocycles. The van der Waals surface area contributed by atoms with Crippen LogP contribution in [0.3, 0.4) is 0 Å². The number of anilines is 1.